The lowest BCUT2D eigenvalue weighted by Crippen LogP contribution is -1.50. The van der Waals surface area contributed by atoms with Crippen molar-refractivity contribution in [3.8, 4) is 0 Å². The van der Waals surface area contributed by atoms with E-state index in [2.05, 4.69) is 6.58 Å². The molecule has 0 aromatic rings. The van der Waals surface area contributed by atoms with E-state index in [1.807, 2.05) is 0 Å². The molecule has 0 fully saturated rings. The third-order valence-electron chi connectivity index (χ3n) is 0.367. The van der Waals surface area contributed by atoms with Gasteiger partial charge in [-0.1, -0.05) is 12.7 Å². The summed E-state index contributed by atoms with van der Waals surface area (Å²) in [6, 6.07) is 0. The van der Waals surface area contributed by atoms with E-state index in [0.29, 0.717) is 6.29 Å². The van der Waals surface area contributed by atoms with Crippen LogP contribution in [0.4, 0.5) is 0 Å². The number of allylic oxidation sites excluding steroid dienone is 3. The topological polar surface area (TPSA) is 34.1 Å². The van der Waals surface area contributed by atoms with Crippen LogP contribution in [0.3, 0.4) is 0 Å². The number of aldehydes is 2. The zero-order chi connectivity index (χ0) is 7.54. The summed E-state index contributed by atoms with van der Waals surface area (Å²) in [5, 5.41) is 0. The van der Waals surface area contributed by atoms with Gasteiger partial charge in [0.05, 0.1) is 0 Å². The highest BCUT2D eigenvalue weighted by molar-refractivity contribution is 5.64. The first-order chi connectivity index (χ1) is 4.33. The first kappa shape index (κ1) is 10.7. The normalized spacial score (nSPS) is 7.22. The Labute approximate surface area is 54.9 Å². The molecule has 0 heterocycles. The van der Waals surface area contributed by atoms with Gasteiger partial charge in [-0.3, -0.25) is 9.59 Å². The minimum absolute atomic E-state index is 0.639. The molecule has 0 radical (unpaired) electrons. The second kappa shape index (κ2) is 15.8. The molecule has 0 atom stereocenters. The molecule has 0 aliphatic heterocycles. The highest BCUT2D eigenvalue weighted by Gasteiger charge is 1.48. The summed E-state index contributed by atoms with van der Waals surface area (Å²) in [6.45, 7) is 4.91. The third-order valence-corrected chi connectivity index (χ3v) is 0.367. The van der Waals surface area contributed by atoms with E-state index in [1.54, 1.807) is 13.0 Å². The SMILES string of the molecule is C/C=C/C=O.C=CC=O. The van der Waals surface area contributed by atoms with Crippen LogP contribution >= 0.6 is 0 Å². The quantitative estimate of drug-likeness (QED) is 0.410. The largest absolute Gasteiger partial charge is 0.299 e. The fourth-order valence-corrected chi connectivity index (χ4v) is 0.0786. The van der Waals surface area contributed by atoms with Gasteiger partial charge in [-0.05, 0) is 19.1 Å². The lowest BCUT2D eigenvalue weighted by Gasteiger charge is -1.51. The first-order valence-electron chi connectivity index (χ1n) is 2.46. The molecule has 50 valence electrons. The fourth-order valence-electron chi connectivity index (χ4n) is 0.0786. The first-order valence-corrected chi connectivity index (χ1v) is 2.46. The van der Waals surface area contributed by atoms with E-state index in [4.69, 9.17) is 4.79 Å². The molecule has 0 saturated heterocycles. The van der Waals surface area contributed by atoms with Gasteiger partial charge in [-0.15, -0.1) is 0 Å². The van der Waals surface area contributed by atoms with Crippen LogP contribution in [0.25, 0.3) is 0 Å². The number of carbonyl (C=O) groups excluding carboxylic acids is 2. The lowest BCUT2D eigenvalue weighted by molar-refractivity contribution is -0.104. The van der Waals surface area contributed by atoms with Crippen molar-refractivity contribution in [2.24, 2.45) is 0 Å². The van der Waals surface area contributed by atoms with E-state index >= 15 is 0 Å². The summed E-state index contributed by atoms with van der Waals surface area (Å²) in [5.41, 5.74) is 0. The van der Waals surface area contributed by atoms with Gasteiger partial charge in [0.2, 0.25) is 0 Å². The van der Waals surface area contributed by atoms with Crippen LogP contribution in [0.15, 0.2) is 24.8 Å². The van der Waals surface area contributed by atoms with Crippen LogP contribution in [0, 0.1) is 0 Å². The van der Waals surface area contributed by atoms with Gasteiger partial charge in [0.25, 0.3) is 0 Å². The van der Waals surface area contributed by atoms with Crippen LogP contribution in [0.5, 0.6) is 0 Å². The summed E-state index contributed by atoms with van der Waals surface area (Å²) < 4.78 is 0. The minimum atomic E-state index is 0.639. The minimum Gasteiger partial charge on any atom is -0.299 e. The van der Waals surface area contributed by atoms with E-state index in [1.165, 1.54) is 12.2 Å². The van der Waals surface area contributed by atoms with Gasteiger partial charge in [-0.2, -0.15) is 0 Å². The Bertz CT molecular complexity index is 97.5. The van der Waals surface area contributed by atoms with Crippen molar-refractivity contribution in [1.82, 2.24) is 0 Å². The van der Waals surface area contributed by atoms with Crippen LogP contribution in [-0.4, -0.2) is 12.6 Å². The average Bonchev–Trinajstić information content (AvgIpc) is 1.91. The zero-order valence-electron chi connectivity index (χ0n) is 5.41. The highest BCUT2D eigenvalue weighted by atomic mass is 16.1. The molecule has 0 aliphatic rings. The van der Waals surface area contributed by atoms with Crippen molar-refractivity contribution in [3.63, 3.8) is 0 Å². The van der Waals surface area contributed by atoms with Gasteiger partial charge >= 0.3 is 0 Å². The van der Waals surface area contributed by atoms with Gasteiger partial charge in [-0.25, -0.2) is 0 Å². The molecular formula is C7H10O2. The maximum atomic E-state index is 9.32. The van der Waals surface area contributed by atoms with Crippen molar-refractivity contribution in [2.75, 3.05) is 0 Å². The summed E-state index contributed by atoms with van der Waals surface area (Å²) in [6.07, 6.45) is 5.72. The third kappa shape index (κ3) is 47.8. The van der Waals surface area contributed by atoms with Gasteiger partial charge in [0, 0.05) is 0 Å². The molecule has 0 rings (SSSR count). The highest BCUT2D eigenvalue weighted by Crippen LogP contribution is 1.55. The Morgan fingerprint density at radius 1 is 1.22 bits per heavy atom. The van der Waals surface area contributed by atoms with Gasteiger partial charge < -0.3 is 0 Å². The van der Waals surface area contributed by atoms with Gasteiger partial charge in [0.15, 0.2) is 0 Å². The second-order valence-corrected chi connectivity index (χ2v) is 1.03. The molecule has 0 N–H and O–H groups in total. The molecule has 0 spiro atoms. The molecule has 0 aromatic carbocycles. The standard InChI is InChI=1S/C4H6O.C3H4O/c1-2-3-4-5;1-2-3-4/h2-4H,1H3;2-3H,1H2/b3-2+;. The van der Waals surface area contributed by atoms with Crippen LogP contribution in [-0.2, 0) is 9.59 Å². The predicted molar refractivity (Wildman–Crippen MR) is 37.1 cm³/mol. The smallest absolute Gasteiger partial charge is 0.142 e. The van der Waals surface area contributed by atoms with E-state index in [0.717, 1.165) is 6.29 Å². The molecule has 0 aliphatic carbocycles. The molecule has 2 nitrogen and oxygen atoms in total. The predicted octanol–water partition coefficient (Wildman–Crippen LogP) is 1.13. The summed E-state index contributed by atoms with van der Waals surface area (Å²) in [7, 11) is 0. The zero-order valence-corrected chi connectivity index (χ0v) is 5.41. The number of hydrogen-bond acceptors (Lipinski definition) is 2. The monoisotopic (exact) mass is 126 g/mol. The second-order valence-electron chi connectivity index (χ2n) is 1.03. The molecule has 2 heteroatoms. The van der Waals surface area contributed by atoms with Crippen LogP contribution in [0.2, 0.25) is 0 Å². The molecule has 0 aromatic heterocycles. The number of hydrogen-bond donors (Lipinski definition) is 0. The maximum Gasteiger partial charge on any atom is 0.142 e. The van der Waals surface area contributed by atoms with Crippen molar-refractivity contribution < 1.29 is 9.59 Å². The van der Waals surface area contributed by atoms with Crippen molar-refractivity contribution in [3.05, 3.63) is 24.8 Å². The van der Waals surface area contributed by atoms with E-state index in [9.17, 15) is 4.79 Å². The summed E-state index contributed by atoms with van der Waals surface area (Å²) >= 11 is 0. The van der Waals surface area contributed by atoms with Crippen LogP contribution < -0.4 is 0 Å². The number of carbonyl (C=O) groups is 2. The Hall–Kier alpha value is -1.18. The number of rotatable bonds is 2. The van der Waals surface area contributed by atoms with Crippen molar-refractivity contribution >= 4 is 12.6 Å². The molecule has 0 saturated carbocycles. The fraction of sp³-hybridized carbons (Fsp3) is 0.143. The summed E-state index contributed by atoms with van der Waals surface area (Å²) in [5.74, 6) is 0. The van der Waals surface area contributed by atoms with E-state index < -0.39 is 0 Å². The van der Waals surface area contributed by atoms with Crippen LogP contribution in [0.1, 0.15) is 6.92 Å². The van der Waals surface area contributed by atoms with Gasteiger partial charge in [0.1, 0.15) is 12.6 Å². The Morgan fingerprint density at radius 2 is 1.67 bits per heavy atom. The maximum absolute atomic E-state index is 9.32. The summed E-state index contributed by atoms with van der Waals surface area (Å²) in [4.78, 5) is 18.4. The van der Waals surface area contributed by atoms with Crippen molar-refractivity contribution in [1.29, 1.82) is 0 Å². The molecular weight excluding hydrogens is 116 g/mol. The Morgan fingerprint density at radius 3 is 1.67 bits per heavy atom. The lowest BCUT2D eigenvalue weighted by atomic mass is 10.6. The Balaban J connectivity index is 0. The molecule has 0 unspecified atom stereocenters. The van der Waals surface area contributed by atoms with Crippen molar-refractivity contribution in [2.45, 2.75) is 6.92 Å². The molecule has 9 heavy (non-hydrogen) atoms. The van der Waals surface area contributed by atoms with E-state index in [-0.39, 0.29) is 0 Å². The Kier molecular flexibility index (Phi) is 18.9. The molecule has 0 amide bonds. The average molecular weight is 126 g/mol. The molecule has 0 bridgehead atoms.